The third-order valence-electron chi connectivity index (χ3n) is 7.36. The molecule has 0 saturated heterocycles. The van der Waals surface area contributed by atoms with E-state index in [0.717, 1.165) is 11.1 Å². The Balaban J connectivity index is 1.65. The number of carbonyl (C=O) groups is 4. The molecule has 0 unspecified atom stereocenters. The van der Waals surface area contributed by atoms with Gasteiger partial charge in [-0.15, -0.1) is 0 Å². The monoisotopic (exact) mass is 614 g/mol. The maximum absolute atomic E-state index is 13.6. The van der Waals surface area contributed by atoms with Crippen LogP contribution in [0.5, 0.6) is 11.5 Å². The van der Waals surface area contributed by atoms with Crippen molar-refractivity contribution < 1.29 is 42.9 Å². The number of esters is 3. The Bertz CT molecular complexity index is 1520. The zero-order valence-corrected chi connectivity index (χ0v) is 25.8. The van der Waals surface area contributed by atoms with Crippen LogP contribution in [0.1, 0.15) is 93.2 Å². The molecule has 0 aliphatic carbocycles. The van der Waals surface area contributed by atoms with Gasteiger partial charge in [0, 0.05) is 18.9 Å². The van der Waals surface area contributed by atoms with Gasteiger partial charge in [0.05, 0.1) is 31.5 Å². The van der Waals surface area contributed by atoms with Gasteiger partial charge in [-0.05, 0) is 79.6 Å². The molecular formula is C36H38O9. The minimum Gasteiger partial charge on any atom is -0.489 e. The molecule has 1 aliphatic rings. The maximum atomic E-state index is 13.6. The number of hydrogen-bond donors (Lipinski definition) is 0. The highest BCUT2D eigenvalue weighted by atomic mass is 16.5. The van der Waals surface area contributed by atoms with Crippen LogP contribution in [0.2, 0.25) is 0 Å². The van der Waals surface area contributed by atoms with Crippen molar-refractivity contribution in [1.82, 2.24) is 0 Å². The zero-order valence-electron chi connectivity index (χ0n) is 25.8. The van der Waals surface area contributed by atoms with Crippen LogP contribution in [-0.2, 0) is 32.2 Å². The summed E-state index contributed by atoms with van der Waals surface area (Å²) >= 11 is 0. The first-order chi connectivity index (χ1) is 21.8. The average molecular weight is 615 g/mol. The van der Waals surface area contributed by atoms with Crippen molar-refractivity contribution in [3.63, 3.8) is 0 Å². The number of allylic oxidation sites excluding steroid dienone is 1. The quantitative estimate of drug-likeness (QED) is 0.197. The summed E-state index contributed by atoms with van der Waals surface area (Å²) in [5.74, 6) is -0.440. The fourth-order valence-electron chi connectivity index (χ4n) is 4.83. The minimum atomic E-state index is -0.536. The summed E-state index contributed by atoms with van der Waals surface area (Å²) in [7, 11) is 2.65. The number of fused-ring (bicyclic) bond motifs is 1. The molecule has 4 rings (SSSR count). The van der Waals surface area contributed by atoms with Crippen molar-refractivity contribution in [2.45, 2.75) is 64.8 Å². The molecule has 0 spiro atoms. The first kappa shape index (κ1) is 33.0. The Morgan fingerprint density at radius 3 is 1.98 bits per heavy atom. The first-order valence-electron chi connectivity index (χ1n) is 14.9. The number of ether oxygens (including phenoxy) is 5. The second kappa shape index (κ2) is 16.2. The number of carbonyl (C=O) groups excluding carboxylic acids is 4. The predicted octanol–water partition coefficient (Wildman–Crippen LogP) is 6.90. The number of rotatable bonds is 8. The minimum absolute atomic E-state index is 0.112. The smallest absolute Gasteiger partial charge is 0.342 e. The highest BCUT2D eigenvalue weighted by Crippen LogP contribution is 2.33. The lowest BCUT2D eigenvalue weighted by Crippen LogP contribution is -2.18. The number of benzene rings is 3. The summed E-state index contributed by atoms with van der Waals surface area (Å²) in [6.45, 7) is 2.12. The van der Waals surface area contributed by atoms with E-state index in [-0.39, 0.29) is 30.3 Å². The van der Waals surface area contributed by atoms with Crippen molar-refractivity contribution >= 4 is 29.8 Å². The summed E-state index contributed by atoms with van der Waals surface area (Å²) in [5.41, 5.74) is 3.28. The molecular weight excluding hydrogens is 576 g/mol. The van der Waals surface area contributed by atoms with Crippen LogP contribution in [-0.4, -0.2) is 44.0 Å². The predicted molar refractivity (Wildman–Crippen MR) is 167 cm³/mol. The van der Waals surface area contributed by atoms with E-state index in [0.29, 0.717) is 61.0 Å². The Morgan fingerprint density at radius 1 is 0.800 bits per heavy atom. The summed E-state index contributed by atoms with van der Waals surface area (Å²) in [5, 5.41) is 0. The molecule has 9 heteroatoms. The highest BCUT2D eigenvalue weighted by Gasteiger charge is 2.23. The van der Waals surface area contributed by atoms with Gasteiger partial charge in [0.15, 0.2) is 0 Å². The zero-order chi connectivity index (χ0) is 32.2. The summed E-state index contributed by atoms with van der Waals surface area (Å²) in [6, 6.07) is 17.1. The van der Waals surface area contributed by atoms with Crippen molar-refractivity contribution in [2.75, 3.05) is 14.2 Å². The first-order valence-corrected chi connectivity index (χ1v) is 14.9. The van der Waals surface area contributed by atoms with E-state index in [2.05, 4.69) is 0 Å². The third-order valence-corrected chi connectivity index (χ3v) is 7.36. The number of ketones is 1. The number of hydrogen-bond acceptors (Lipinski definition) is 9. The molecule has 9 nitrogen and oxygen atoms in total. The fraction of sp³-hybridized carbons (Fsp3) is 0.333. The van der Waals surface area contributed by atoms with E-state index >= 15 is 0 Å². The molecule has 3 aromatic carbocycles. The van der Waals surface area contributed by atoms with Crippen LogP contribution in [0.25, 0.3) is 6.08 Å². The average Bonchev–Trinajstić information content (AvgIpc) is 3.05. The Labute approximate surface area is 263 Å². The summed E-state index contributed by atoms with van der Waals surface area (Å²) < 4.78 is 27.7. The lowest BCUT2D eigenvalue weighted by molar-refractivity contribution is -0.119. The number of cyclic esters (lactones) is 1. The number of Topliss-reactive ketones (excluding diaryl/α,β-unsaturated/α-hetero) is 1. The standard InChI is InChI=1S/C36H38O9/c1-24-8-7-11-30(37)10-6-4-5-9-29-20-31(43-22-25-12-16-27(17-13-25)34(38)41-2)21-32(33(29)36(40)45-24)44-23-26-14-18-28(19-15-26)35(39)42-3/h5,9,12-21,24H,4,6-8,10-11,22-23H2,1-3H3/b9-5+/t24-/m0/s1. The van der Waals surface area contributed by atoms with E-state index in [1.54, 1.807) is 60.7 Å². The van der Waals surface area contributed by atoms with Gasteiger partial charge in [0.1, 0.15) is 36.1 Å². The fourth-order valence-corrected chi connectivity index (χ4v) is 4.83. The topological polar surface area (TPSA) is 114 Å². The second-order valence-electron chi connectivity index (χ2n) is 10.8. The summed E-state index contributed by atoms with van der Waals surface area (Å²) in [6.07, 6.45) is 6.93. The van der Waals surface area contributed by atoms with Crippen LogP contribution in [0.15, 0.2) is 66.7 Å². The van der Waals surface area contributed by atoms with Gasteiger partial charge >= 0.3 is 17.9 Å². The van der Waals surface area contributed by atoms with E-state index in [9.17, 15) is 19.2 Å². The third kappa shape index (κ3) is 9.53. The molecule has 0 fully saturated rings. The maximum Gasteiger partial charge on any atom is 0.342 e. The molecule has 0 aromatic heterocycles. The van der Waals surface area contributed by atoms with Gasteiger partial charge in [-0.25, -0.2) is 14.4 Å². The summed E-state index contributed by atoms with van der Waals surface area (Å²) in [4.78, 5) is 49.5. The van der Waals surface area contributed by atoms with Crippen LogP contribution < -0.4 is 9.47 Å². The highest BCUT2D eigenvalue weighted by molar-refractivity contribution is 5.97. The van der Waals surface area contributed by atoms with Crippen molar-refractivity contribution in [3.05, 3.63) is 100 Å². The lowest BCUT2D eigenvalue weighted by Gasteiger charge is -2.19. The van der Waals surface area contributed by atoms with Crippen LogP contribution >= 0.6 is 0 Å². The Hall–Kier alpha value is -4.92. The molecule has 236 valence electrons. The van der Waals surface area contributed by atoms with E-state index in [1.165, 1.54) is 14.2 Å². The molecule has 0 radical (unpaired) electrons. The second-order valence-corrected chi connectivity index (χ2v) is 10.8. The van der Waals surface area contributed by atoms with Gasteiger partial charge < -0.3 is 23.7 Å². The largest absolute Gasteiger partial charge is 0.489 e. The van der Waals surface area contributed by atoms with Gasteiger partial charge in [-0.1, -0.05) is 36.4 Å². The SMILES string of the molecule is COC(=O)c1ccc(COc2cc3c(c(OCc4ccc(C(=O)OC)cc4)c2)C(=O)O[C@@H](C)CCCC(=O)CCC/C=C/3)cc1. The van der Waals surface area contributed by atoms with Crippen LogP contribution in [0.4, 0.5) is 0 Å². The van der Waals surface area contributed by atoms with Crippen molar-refractivity contribution in [3.8, 4) is 11.5 Å². The van der Waals surface area contributed by atoms with Crippen molar-refractivity contribution in [1.29, 1.82) is 0 Å². The molecule has 1 aliphatic heterocycles. The van der Waals surface area contributed by atoms with Gasteiger partial charge in [-0.3, -0.25) is 4.79 Å². The molecule has 1 atom stereocenters. The van der Waals surface area contributed by atoms with E-state index < -0.39 is 24.0 Å². The van der Waals surface area contributed by atoms with Gasteiger partial charge in [-0.2, -0.15) is 0 Å². The molecule has 1 heterocycles. The normalized spacial score (nSPS) is 16.4. The van der Waals surface area contributed by atoms with Crippen LogP contribution in [0, 0.1) is 0 Å². The molecule has 0 bridgehead atoms. The van der Waals surface area contributed by atoms with Crippen LogP contribution in [0.3, 0.4) is 0 Å². The number of methoxy groups -OCH3 is 2. The molecule has 45 heavy (non-hydrogen) atoms. The van der Waals surface area contributed by atoms with E-state index in [1.807, 2.05) is 19.1 Å². The van der Waals surface area contributed by atoms with Gasteiger partial charge in [0.2, 0.25) is 0 Å². The molecule has 0 N–H and O–H groups in total. The molecule has 0 amide bonds. The lowest BCUT2D eigenvalue weighted by atomic mass is 10.0. The van der Waals surface area contributed by atoms with E-state index in [4.69, 9.17) is 23.7 Å². The molecule has 3 aromatic rings. The van der Waals surface area contributed by atoms with Gasteiger partial charge in [0.25, 0.3) is 0 Å². The molecule has 0 saturated carbocycles. The van der Waals surface area contributed by atoms with Crippen molar-refractivity contribution in [2.24, 2.45) is 0 Å². The Morgan fingerprint density at radius 2 is 1.38 bits per heavy atom. The Kier molecular flexibility index (Phi) is 11.9.